The molecule has 0 fully saturated rings. The lowest BCUT2D eigenvalue weighted by Gasteiger charge is -2.12. The summed E-state index contributed by atoms with van der Waals surface area (Å²) in [5, 5.41) is 8.88. The highest BCUT2D eigenvalue weighted by Crippen LogP contribution is 2.24. The molecule has 18 heavy (non-hydrogen) atoms. The predicted molar refractivity (Wildman–Crippen MR) is 74.4 cm³/mol. The van der Waals surface area contributed by atoms with E-state index in [4.69, 9.17) is 5.11 Å². The van der Waals surface area contributed by atoms with Gasteiger partial charge < -0.3 is 5.11 Å². The van der Waals surface area contributed by atoms with E-state index in [9.17, 15) is 0 Å². The Morgan fingerprint density at radius 3 is 2.67 bits per heavy atom. The van der Waals surface area contributed by atoms with Gasteiger partial charge in [0.25, 0.3) is 0 Å². The summed E-state index contributed by atoms with van der Waals surface area (Å²) < 4.78 is 0. The molecule has 2 aromatic rings. The number of hydrogen-bond donors (Lipinski definition) is 1. The van der Waals surface area contributed by atoms with Crippen molar-refractivity contribution in [2.45, 2.75) is 25.7 Å². The maximum Gasteiger partial charge on any atom is 0.0704 e. The lowest BCUT2D eigenvalue weighted by molar-refractivity contribution is 0.281. The van der Waals surface area contributed by atoms with Crippen LogP contribution in [0.1, 0.15) is 31.2 Å². The van der Waals surface area contributed by atoms with Gasteiger partial charge in [0.15, 0.2) is 0 Å². The van der Waals surface area contributed by atoms with Crippen molar-refractivity contribution in [3.63, 3.8) is 0 Å². The van der Waals surface area contributed by atoms with Crippen molar-refractivity contribution >= 4 is 0 Å². The molecule has 1 heterocycles. The fraction of sp³-hybridized carbons (Fsp3) is 0.312. The van der Waals surface area contributed by atoms with Crippen LogP contribution in [0.3, 0.4) is 0 Å². The van der Waals surface area contributed by atoms with E-state index >= 15 is 0 Å². The average Bonchev–Trinajstić information content (AvgIpc) is 2.46. The number of aliphatic hydroxyl groups excluding tert-OH is 1. The maximum atomic E-state index is 8.88. The summed E-state index contributed by atoms with van der Waals surface area (Å²) in [7, 11) is 0. The van der Waals surface area contributed by atoms with E-state index in [1.807, 2.05) is 24.4 Å². The van der Waals surface area contributed by atoms with Crippen LogP contribution in [0, 0.1) is 0 Å². The largest absolute Gasteiger partial charge is 0.396 e. The van der Waals surface area contributed by atoms with Crippen molar-refractivity contribution in [3.8, 4) is 11.3 Å². The second-order valence-electron chi connectivity index (χ2n) is 4.61. The van der Waals surface area contributed by atoms with Crippen LogP contribution >= 0.6 is 0 Å². The highest BCUT2D eigenvalue weighted by Gasteiger charge is 2.07. The first-order chi connectivity index (χ1) is 8.81. The number of aromatic nitrogens is 1. The molecule has 94 valence electrons. The molecule has 2 heteroatoms. The molecule has 0 spiro atoms. The maximum absolute atomic E-state index is 8.88. The Balaban J connectivity index is 2.20. The van der Waals surface area contributed by atoms with Crippen molar-refractivity contribution in [1.29, 1.82) is 0 Å². The number of aliphatic hydroxyl groups is 1. The summed E-state index contributed by atoms with van der Waals surface area (Å²) in [4.78, 5) is 4.42. The molecule has 0 saturated heterocycles. The second kappa shape index (κ2) is 6.31. The van der Waals surface area contributed by atoms with Crippen molar-refractivity contribution in [2.75, 3.05) is 6.61 Å². The summed E-state index contributed by atoms with van der Waals surface area (Å²) in [5.41, 5.74) is 3.45. The van der Waals surface area contributed by atoms with Gasteiger partial charge in [-0.15, -0.1) is 0 Å². The molecule has 0 aliphatic heterocycles. The highest BCUT2D eigenvalue weighted by molar-refractivity contribution is 5.59. The molecule has 1 N–H and O–H groups in total. The zero-order valence-electron chi connectivity index (χ0n) is 10.7. The zero-order chi connectivity index (χ0) is 12.8. The van der Waals surface area contributed by atoms with Crippen molar-refractivity contribution in [3.05, 3.63) is 54.2 Å². The van der Waals surface area contributed by atoms with Gasteiger partial charge in [0.2, 0.25) is 0 Å². The lowest BCUT2D eigenvalue weighted by atomic mass is 9.96. The van der Waals surface area contributed by atoms with E-state index in [-0.39, 0.29) is 6.61 Å². The van der Waals surface area contributed by atoms with Crippen molar-refractivity contribution < 1.29 is 5.11 Å². The summed E-state index contributed by atoms with van der Waals surface area (Å²) >= 11 is 0. The molecule has 1 unspecified atom stereocenters. The number of benzene rings is 1. The zero-order valence-corrected chi connectivity index (χ0v) is 10.7. The molecule has 2 nitrogen and oxygen atoms in total. The molecular formula is C16H19NO. The highest BCUT2D eigenvalue weighted by atomic mass is 16.2. The molecule has 0 aliphatic rings. The molecule has 0 amide bonds. The Morgan fingerprint density at radius 2 is 1.94 bits per heavy atom. The topological polar surface area (TPSA) is 33.1 Å². The predicted octanol–water partition coefficient (Wildman–Crippen LogP) is 3.62. The van der Waals surface area contributed by atoms with Crippen LogP contribution < -0.4 is 0 Å². The second-order valence-corrected chi connectivity index (χ2v) is 4.61. The van der Waals surface area contributed by atoms with Crippen LogP contribution in [0.25, 0.3) is 11.3 Å². The third-order valence-corrected chi connectivity index (χ3v) is 3.22. The van der Waals surface area contributed by atoms with Gasteiger partial charge >= 0.3 is 0 Å². The molecular weight excluding hydrogens is 222 g/mol. The Bertz CT molecular complexity index is 481. The fourth-order valence-corrected chi connectivity index (χ4v) is 2.08. The molecule has 0 saturated carbocycles. The molecule has 0 radical (unpaired) electrons. The molecule has 1 aromatic heterocycles. The lowest BCUT2D eigenvalue weighted by Crippen LogP contribution is -1.97. The van der Waals surface area contributed by atoms with Gasteiger partial charge in [-0.1, -0.05) is 37.3 Å². The molecule has 0 bridgehead atoms. The SMILES string of the molecule is CC(CCCO)c1ccnc(-c2ccccc2)c1. The Morgan fingerprint density at radius 1 is 1.17 bits per heavy atom. The smallest absolute Gasteiger partial charge is 0.0704 e. The first-order valence-electron chi connectivity index (χ1n) is 6.43. The Kier molecular flexibility index (Phi) is 4.48. The fourth-order valence-electron chi connectivity index (χ4n) is 2.08. The summed E-state index contributed by atoms with van der Waals surface area (Å²) in [6, 6.07) is 14.4. The first-order valence-corrected chi connectivity index (χ1v) is 6.43. The van der Waals surface area contributed by atoms with Gasteiger partial charge in [0.05, 0.1) is 5.69 Å². The third kappa shape index (κ3) is 3.17. The van der Waals surface area contributed by atoms with Gasteiger partial charge in [0, 0.05) is 18.4 Å². The van der Waals surface area contributed by atoms with Gasteiger partial charge in [-0.25, -0.2) is 0 Å². The quantitative estimate of drug-likeness (QED) is 0.867. The van der Waals surface area contributed by atoms with Crippen LogP contribution in [-0.2, 0) is 0 Å². The Hall–Kier alpha value is -1.67. The van der Waals surface area contributed by atoms with E-state index in [0.717, 1.165) is 24.1 Å². The minimum Gasteiger partial charge on any atom is -0.396 e. The van der Waals surface area contributed by atoms with Crippen LogP contribution in [0.15, 0.2) is 48.7 Å². The van der Waals surface area contributed by atoms with E-state index in [2.05, 4.69) is 36.2 Å². The van der Waals surface area contributed by atoms with Gasteiger partial charge in [-0.3, -0.25) is 4.98 Å². The van der Waals surface area contributed by atoms with Crippen LogP contribution in [0.2, 0.25) is 0 Å². The molecule has 1 aromatic carbocycles. The van der Waals surface area contributed by atoms with Crippen molar-refractivity contribution in [2.24, 2.45) is 0 Å². The van der Waals surface area contributed by atoms with Gasteiger partial charge in [-0.2, -0.15) is 0 Å². The monoisotopic (exact) mass is 241 g/mol. The van der Waals surface area contributed by atoms with Gasteiger partial charge in [-0.05, 0) is 36.5 Å². The molecule has 1 atom stereocenters. The normalized spacial score (nSPS) is 12.3. The molecule has 2 rings (SSSR count). The van der Waals surface area contributed by atoms with Crippen LogP contribution in [0.4, 0.5) is 0 Å². The van der Waals surface area contributed by atoms with E-state index < -0.39 is 0 Å². The van der Waals surface area contributed by atoms with E-state index in [1.165, 1.54) is 5.56 Å². The molecule has 0 aliphatic carbocycles. The van der Waals surface area contributed by atoms with Crippen LogP contribution in [-0.4, -0.2) is 16.7 Å². The minimum atomic E-state index is 0.265. The first kappa shape index (κ1) is 12.8. The van der Waals surface area contributed by atoms with E-state index in [1.54, 1.807) is 0 Å². The van der Waals surface area contributed by atoms with Crippen LogP contribution in [0.5, 0.6) is 0 Å². The minimum absolute atomic E-state index is 0.265. The van der Waals surface area contributed by atoms with E-state index in [0.29, 0.717) is 5.92 Å². The average molecular weight is 241 g/mol. The standard InChI is InChI=1S/C16H19NO/c1-13(6-5-11-18)15-9-10-17-16(12-15)14-7-3-2-4-8-14/h2-4,7-10,12-13,18H,5-6,11H2,1H3. The van der Waals surface area contributed by atoms with Gasteiger partial charge in [0.1, 0.15) is 0 Å². The number of pyridine rings is 1. The van der Waals surface area contributed by atoms with Crippen molar-refractivity contribution in [1.82, 2.24) is 4.98 Å². The summed E-state index contributed by atoms with van der Waals surface area (Å²) in [6.07, 6.45) is 3.73. The Labute approximate surface area is 108 Å². The third-order valence-electron chi connectivity index (χ3n) is 3.22. The number of hydrogen-bond acceptors (Lipinski definition) is 2. The number of nitrogens with zero attached hydrogens (tertiary/aromatic N) is 1. The summed E-state index contributed by atoms with van der Waals surface area (Å²) in [5.74, 6) is 0.461. The number of rotatable bonds is 5. The summed E-state index contributed by atoms with van der Waals surface area (Å²) in [6.45, 7) is 2.46.